The number of anilines is 2. The summed E-state index contributed by atoms with van der Waals surface area (Å²) in [4.78, 5) is 25.8. The third-order valence-corrected chi connectivity index (χ3v) is 4.67. The highest BCUT2D eigenvalue weighted by molar-refractivity contribution is 6.04. The Kier molecular flexibility index (Phi) is 6.41. The second kappa shape index (κ2) is 9.16. The highest BCUT2D eigenvalue weighted by Crippen LogP contribution is 2.17. The molecule has 8 heteroatoms. The molecule has 28 heavy (non-hydrogen) atoms. The Morgan fingerprint density at radius 3 is 2.43 bits per heavy atom. The second-order valence-corrected chi connectivity index (χ2v) is 6.68. The van der Waals surface area contributed by atoms with Gasteiger partial charge in [-0.15, -0.1) is 10.2 Å². The van der Waals surface area contributed by atoms with Crippen LogP contribution in [0.3, 0.4) is 0 Å². The molecule has 0 aliphatic carbocycles. The number of carbonyl (C=O) groups is 2. The average molecular weight is 383 g/mol. The maximum Gasteiger partial charge on any atom is 0.409 e. The number of nitrogens with one attached hydrogen (secondary N) is 2. The molecule has 1 aromatic carbocycles. The number of ether oxygens (including phenoxy) is 1. The van der Waals surface area contributed by atoms with E-state index in [1.807, 2.05) is 25.1 Å². The summed E-state index contributed by atoms with van der Waals surface area (Å²) in [6, 6.07) is 11.1. The zero-order chi connectivity index (χ0) is 19.9. The van der Waals surface area contributed by atoms with Crippen LogP contribution < -0.4 is 10.6 Å². The van der Waals surface area contributed by atoms with Gasteiger partial charge in [0.2, 0.25) is 0 Å². The van der Waals surface area contributed by atoms with Crippen LogP contribution >= 0.6 is 0 Å². The van der Waals surface area contributed by atoms with E-state index >= 15 is 0 Å². The molecule has 8 nitrogen and oxygen atoms in total. The summed E-state index contributed by atoms with van der Waals surface area (Å²) in [5.41, 5.74) is 1.51. The highest BCUT2D eigenvalue weighted by atomic mass is 16.6. The fourth-order valence-electron chi connectivity index (χ4n) is 3.12. The van der Waals surface area contributed by atoms with E-state index in [0.29, 0.717) is 36.9 Å². The van der Waals surface area contributed by atoms with Crippen LogP contribution in [-0.4, -0.2) is 52.8 Å². The second-order valence-electron chi connectivity index (χ2n) is 6.68. The predicted molar refractivity (Wildman–Crippen MR) is 106 cm³/mol. The molecule has 0 unspecified atom stereocenters. The number of benzene rings is 1. The minimum absolute atomic E-state index is 0.209. The summed E-state index contributed by atoms with van der Waals surface area (Å²) >= 11 is 0. The number of nitrogens with zero attached hydrogens (tertiary/aromatic N) is 3. The van der Waals surface area contributed by atoms with Crippen molar-refractivity contribution in [1.82, 2.24) is 15.1 Å². The normalized spacial score (nSPS) is 14.4. The smallest absolute Gasteiger partial charge is 0.409 e. The summed E-state index contributed by atoms with van der Waals surface area (Å²) in [5.74, 6) is 0.832. The van der Waals surface area contributed by atoms with E-state index in [9.17, 15) is 9.59 Å². The van der Waals surface area contributed by atoms with Crippen LogP contribution in [0.15, 0.2) is 36.4 Å². The molecule has 0 bridgehead atoms. The van der Waals surface area contributed by atoms with Crippen molar-refractivity contribution in [2.45, 2.75) is 32.7 Å². The summed E-state index contributed by atoms with van der Waals surface area (Å²) in [6.45, 7) is 5.38. The Labute approximate surface area is 164 Å². The molecule has 148 valence electrons. The van der Waals surface area contributed by atoms with Gasteiger partial charge in [0, 0.05) is 24.7 Å². The van der Waals surface area contributed by atoms with Gasteiger partial charge in [0.25, 0.3) is 5.91 Å². The molecule has 0 atom stereocenters. The molecule has 2 amide bonds. The molecular weight excluding hydrogens is 358 g/mol. The molecule has 3 rings (SSSR count). The number of aryl methyl sites for hydroxylation is 1. The van der Waals surface area contributed by atoms with Gasteiger partial charge in [-0.25, -0.2) is 4.79 Å². The van der Waals surface area contributed by atoms with E-state index in [4.69, 9.17) is 4.74 Å². The number of likely N-dealkylation sites (tertiary alicyclic amines) is 1. The number of hydrogen-bond acceptors (Lipinski definition) is 6. The topological polar surface area (TPSA) is 96.5 Å². The first-order valence-corrected chi connectivity index (χ1v) is 9.45. The Hall–Kier alpha value is -3.16. The number of aromatic nitrogens is 2. The van der Waals surface area contributed by atoms with E-state index in [1.54, 1.807) is 30.0 Å². The fraction of sp³-hybridized carbons (Fsp3) is 0.400. The lowest BCUT2D eigenvalue weighted by atomic mass is 10.1. The van der Waals surface area contributed by atoms with Gasteiger partial charge < -0.3 is 20.3 Å². The standard InChI is InChI=1S/C20H25N5O3/c1-3-28-20(27)25-12-10-15(11-13-25)21-17-8-9-18(24-23-17)22-19(26)16-7-5-4-6-14(16)2/h4-9,15H,3,10-13H2,1-2H3,(H,21,23)(H,22,24,26). The van der Waals surface area contributed by atoms with Gasteiger partial charge in [0.05, 0.1) is 6.61 Å². The Bertz CT molecular complexity index is 817. The molecule has 0 radical (unpaired) electrons. The molecule has 1 fully saturated rings. The largest absolute Gasteiger partial charge is 0.450 e. The number of piperidine rings is 1. The van der Waals surface area contributed by atoms with Crippen molar-refractivity contribution in [3.05, 3.63) is 47.5 Å². The van der Waals surface area contributed by atoms with Gasteiger partial charge in [-0.1, -0.05) is 18.2 Å². The van der Waals surface area contributed by atoms with E-state index in [0.717, 1.165) is 18.4 Å². The third kappa shape index (κ3) is 4.97. The quantitative estimate of drug-likeness (QED) is 0.824. The molecular formula is C20H25N5O3. The van der Waals surface area contributed by atoms with Gasteiger partial charge in [0.15, 0.2) is 5.82 Å². The molecule has 1 aliphatic heterocycles. The minimum atomic E-state index is -0.255. The van der Waals surface area contributed by atoms with Crippen molar-refractivity contribution in [3.8, 4) is 0 Å². The van der Waals surface area contributed by atoms with Gasteiger partial charge in [-0.2, -0.15) is 0 Å². The zero-order valence-electron chi connectivity index (χ0n) is 16.1. The lowest BCUT2D eigenvalue weighted by molar-refractivity contribution is 0.0981. The number of hydrogen-bond donors (Lipinski definition) is 2. The van der Waals surface area contributed by atoms with Crippen LogP contribution in [0.1, 0.15) is 35.7 Å². The van der Waals surface area contributed by atoms with E-state index in [1.165, 1.54) is 0 Å². The fourth-order valence-corrected chi connectivity index (χ4v) is 3.12. The summed E-state index contributed by atoms with van der Waals surface area (Å²) in [7, 11) is 0. The monoisotopic (exact) mass is 383 g/mol. The van der Waals surface area contributed by atoms with Gasteiger partial charge in [0.1, 0.15) is 5.82 Å². The Balaban J connectivity index is 1.51. The Morgan fingerprint density at radius 1 is 1.11 bits per heavy atom. The van der Waals surface area contributed by atoms with Crippen LogP contribution in [0.5, 0.6) is 0 Å². The van der Waals surface area contributed by atoms with E-state index < -0.39 is 0 Å². The van der Waals surface area contributed by atoms with Crippen molar-refractivity contribution in [3.63, 3.8) is 0 Å². The maximum absolute atomic E-state index is 12.3. The molecule has 2 aromatic rings. The lowest BCUT2D eigenvalue weighted by Gasteiger charge is -2.31. The van der Waals surface area contributed by atoms with Crippen LogP contribution in [-0.2, 0) is 4.74 Å². The summed E-state index contributed by atoms with van der Waals surface area (Å²) in [6.07, 6.45) is 1.37. The first kappa shape index (κ1) is 19.6. The number of amides is 2. The zero-order valence-corrected chi connectivity index (χ0v) is 16.1. The lowest BCUT2D eigenvalue weighted by Crippen LogP contribution is -2.42. The molecule has 0 spiro atoms. The van der Waals surface area contributed by atoms with Crippen LogP contribution in [0.2, 0.25) is 0 Å². The molecule has 2 N–H and O–H groups in total. The maximum atomic E-state index is 12.3. The van der Waals surface area contributed by atoms with Crippen molar-refractivity contribution < 1.29 is 14.3 Å². The van der Waals surface area contributed by atoms with Crippen LogP contribution in [0.25, 0.3) is 0 Å². The number of rotatable bonds is 5. The molecule has 1 aromatic heterocycles. The SMILES string of the molecule is CCOC(=O)N1CCC(Nc2ccc(NC(=O)c3ccccc3C)nn2)CC1. The predicted octanol–water partition coefficient (Wildman–Crippen LogP) is 3.07. The molecule has 1 saturated heterocycles. The first-order chi connectivity index (χ1) is 13.6. The van der Waals surface area contributed by atoms with Crippen molar-refractivity contribution in [2.24, 2.45) is 0 Å². The van der Waals surface area contributed by atoms with Gasteiger partial charge >= 0.3 is 6.09 Å². The van der Waals surface area contributed by atoms with Crippen LogP contribution in [0, 0.1) is 6.92 Å². The van der Waals surface area contributed by atoms with Gasteiger partial charge in [-0.3, -0.25) is 4.79 Å². The summed E-state index contributed by atoms with van der Waals surface area (Å²) < 4.78 is 5.03. The molecule has 0 saturated carbocycles. The van der Waals surface area contributed by atoms with E-state index in [-0.39, 0.29) is 18.0 Å². The van der Waals surface area contributed by atoms with Crippen molar-refractivity contribution in [1.29, 1.82) is 0 Å². The summed E-state index contributed by atoms with van der Waals surface area (Å²) in [5, 5.41) is 14.3. The third-order valence-electron chi connectivity index (χ3n) is 4.67. The van der Waals surface area contributed by atoms with E-state index in [2.05, 4.69) is 20.8 Å². The van der Waals surface area contributed by atoms with Crippen LogP contribution in [0.4, 0.5) is 16.4 Å². The Morgan fingerprint density at radius 2 is 1.79 bits per heavy atom. The minimum Gasteiger partial charge on any atom is -0.450 e. The highest BCUT2D eigenvalue weighted by Gasteiger charge is 2.23. The molecule has 2 heterocycles. The first-order valence-electron chi connectivity index (χ1n) is 9.45. The molecule has 1 aliphatic rings. The average Bonchev–Trinajstić information content (AvgIpc) is 2.70. The van der Waals surface area contributed by atoms with Crippen molar-refractivity contribution in [2.75, 3.05) is 30.3 Å². The van der Waals surface area contributed by atoms with Crippen molar-refractivity contribution >= 4 is 23.6 Å². The van der Waals surface area contributed by atoms with Gasteiger partial charge in [-0.05, 0) is 50.5 Å². The number of carbonyl (C=O) groups excluding carboxylic acids is 2.